The summed E-state index contributed by atoms with van der Waals surface area (Å²) >= 11 is 0. The van der Waals surface area contributed by atoms with Gasteiger partial charge in [-0.2, -0.15) is 0 Å². The van der Waals surface area contributed by atoms with E-state index in [1.165, 1.54) is 13.5 Å². The third-order valence-corrected chi connectivity index (χ3v) is 3.77. The quantitative estimate of drug-likeness (QED) is 0.815. The van der Waals surface area contributed by atoms with Crippen LogP contribution in [0.15, 0.2) is 30.6 Å². The fraction of sp³-hybridized carbons (Fsp3) is 0.556. The minimum absolute atomic E-state index is 0.205. The molecular weight excluding hydrogens is 332 g/mol. The lowest BCUT2D eigenvalue weighted by Crippen LogP contribution is -2.36. The van der Waals surface area contributed by atoms with Crippen LogP contribution in [0.25, 0.3) is 5.69 Å². The smallest absolute Gasteiger partial charge is 0.406 e. The third-order valence-electron chi connectivity index (χ3n) is 3.77. The van der Waals surface area contributed by atoms with E-state index in [1.807, 2.05) is 12.1 Å². The number of rotatable bonds is 7. The Kier molecular flexibility index (Phi) is 9.93. The summed E-state index contributed by atoms with van der Waals surface area (Å²) in [5, 5.41) is 13.9. The fourth-order valence-corrected chi connectivity index (χ4v) is 2.42. The number of alkyl carbamates (subject to hydrolysis) is 1. The van der Waals surface area contributed by atoms with Crippen molar-refractivity contribution in [2.45, 2.75) is 40.2 Å². The second kappa shape index (κ2) is 12.0. The molecule has 26 heavy (non-hydrogen) atoms. The maximum absolute atomic E-state index is 11.1. The van der Waals surface area contributed by atoms with Gasteiger partial charge in [0.15, 0.2) is 0 Å². The Balaban J connectivity index is 0.00000105. The molecule has 0 saturated carbocycles. The van der Waals surface area contributed by atoms with E-state index in [0.717, 1.165) is 24.3 Å². The molecule has 0 aliphatic carbocycles. The van der Waals surface area contributed by atoms with Gasteiger partial charge >= 0.3 is 6.09 Å². The number of benzene rings is 1. The first-order valence-electron chi connectivity index (χ1n) is 8.96. The van der Waals surface area contributed by atoms with Gasteiger partial charge in [0.1, 0.15) is 6.33 Å². The molecule has 2 rings (SSSR count). The predicted molar refractivity (Wildman–Crippen MR) is 101 cm³/mol. The molecular formula is C18H30N6O2. The maximum Gasteiger partial charge on any atom is 0.406 e. The second-order valence-corrected chi connectivity index (χ2v) is 5.78. The molecule has 0 radical (unpaired) electrons. The average Bonchev–Trinajstić information content (AvgIpc) is 3.20. The molecule has 2 aromatic rings. The largest absolute Gasteiger partial charge is 0.453 e. The zero-order valence-electron chi connectivity index (χ0n) is 16.3. The summed E-state index contributed by atoms with van der Waals surface area (Å²) < 4.78 is 6.21. The number of nitrogens with one attached hydrogen (secondary N) is 1. The third kappa shape index (κ3) is 6.79. The van der Waals surface area contributed by atoms with Crippen LogP contribution in [0.2, 0.25) is 0 Å². The van der Waals surface area contributed by atoms with Crippen LogP contribution in [-0.4, -0.2) is 57.9 Å². The summed E-state index contributed by atoms with van der Waals surface area (Å²) in [5.74, 6) is 0. The van der Waals surface area contributed by atoms with Crippen molar-refractivity contribution in [2.24, 2.45) is 0 Å². The Hall–Kier alpha value is -2.48. The number of ether oxygens (including phenoxy) is 1. The molecule has 1 unspecified atom stereocenters. The molecule has 0 fully saturated rings. The van der Waals surface area contributed by atoms with Crippen molar-refractivity contribution < 1.29 is 9.53 Å². The van der Waals surface area contributed by atoms with E-state index in [-0.39, 0.29) is 6.04 Å². The SMILES string of the molecule is CCC.CCN(CCNC(=O)OC)C(C)c1cccc(-n2cnnn2)c1. The molecule has 0 aliphatic heterocycles. The summed E-state index contributed by atoms with van der Waals surface area (Å²) in [5.41, 5.74) is 2.08. The van der Waals surface area contributed by atoms with Crippen LogP contribution in [0.3, 0.4) is 0 Å². The van der Waals surface area contributed by atoms with Gasteiger partial charge in [0, 0.05) is 19.1 Å². The molecule has 144 valence electrons. The van der Waals surface area contributed by atoms with Crippen molar-refractivity contribution in [3.63, 3.8) is 0 Å². The normalized spacial score (nSPS) is 11.5. The molecule has 1 aromatic heterocycles. The van der Waals surface area contributed by atoms with Crippen LogP contribution in [0, 0.1) is 0 Å². The summed E-state index contributed by atoms with van der Waals surface area (Å²) in [6.07, 6.45) is 2.41. The van der Waals surface area contributed by atoms with E-state index in [1.54, 1.807) is 11.0 Å². The highest BCUT2D eigenvalue weighted by molar-refractivity contribution is 5.66. The summed E-state index contributed by atoms with van der Waals surface area (Å²) in [7, 11) is 1.36. The summed E-state index contributed by atoms with van der Waals surface area (Å²) in [4.78, 5) is 13.4. The van der Waals surface area contributed by atoms with Gasteiger partial charge in [0.25, 0.3) is 0 Å². The number of hydrogen-bond acceptors (Lipinski definition) is 6. The lowest BCUT2D eigenvalue weighted by Gasteiger charge is -2.28. The Labute approximate surface area is 155 Å². The minimum Gasteiger partial charge on any atom is -0.453 e. The van der Waals surface area contributed by atoms with Gasteiger partial charge in [-0.1, -0.05) is 39.3 Å². The number of carbonyl (C=O) groups is 1. The van der Waals surface area contributed by atoms with E-state index in [4.69, 9.17) is 0 Å². The van der Waals surface area contributed by atoms with Gasteiger partial charge in [-0.05, 0) is 41.6 Å². The number of carbonyl (C=O) groups excluding carboxylic acids is 1. The van der Waals surface area contributed by atoms with Crippen LogP contribution >= 0.6 is 0 Å². The van der Waals surface area contributed by atoms with Crippen molar-refractivity contribution >= 4 is 6.09 Å². The van der Waals surface area contributed by atoms with E-state index in [0.29, 0.717) is 6.54 Å². The Morgan fingerprint density at radius 3 is 2.65 bits per heavy atom. The lowest BCUT2D eigenvalue weighted by atomic mass is 10.1. The van der Waals surface area contributed by atoms with Gasteiger partial charge < -0.3 is 10.1 Å². The number of methoxy groups -OCH3 is 1. The van der Waals surface area contributed by atoms with Crippen LogP contribution in [0.4, 0.5) is 4.79 Å². The molecule has 0 bridgehead atoms. The van der Waals surface area contributed by atoms with Crippen molar-refractivity contribution in [1.82, 2.24) is 30.4 Å². The first-order valence-corrected chi connectivity index (χ1v) is 8.96. The first kappa shape index (κ1) is 21.6. The van der Waals surface area contributed by atoms with Crippen LogP contribution < -0.4 is 5.32 Å². The van der Waals surface area contributed by atoms with Crippen molar-refractivity contribution in [3.05, 3.63) is 36.2 Å². The topological polar surface area (TPSA) is 85.2 Å². The lowest BCUT2D eigenvalue weighted by molar-refractivity contribution is 0.165. The monoisotopic (exact) mass is 362 g/mol. The highest BCUT2D eigenvalue weighted by Gasteiger charge is 2.15. The van der Waals surface area contributed by atoms with Crippen LogP contribution in [0.5, 0.6) is 0 Å². The van der Waals surface area contributed by atoms with E-state index < -0.39 is 6.09 Å². The van der Waals surface area contributed by atoms with Gasteiger partial charge in [0.05, 0.1) is 12.8 Å². The second-order valence-electron chi connectivity index (χ2n) is 5.78. The van der Waals surface area contributed by atoms with Gasteiger partial charge in [-0.25, -0.2) is 9.48 Å². The number of nitrogens with zero attached hydrogens (tertiary/aromatic N) is 5. The Bertz CT molecular complexity index is 632. The number of hydrogen-bond donors (Lipinski definition) is 1. The number of tetrazole rings is 1. The molecule has 8 nitrogen and oxygen atoms in total. The highest BCUT2D eigenvalue weighted by atomic mass is 16.5. The highest BCUT2D eigenvalue weighted by Crippen LogP contribution is 2.21. The molecule has 1 atom stereocenters. The zero-order valence-corrected chi connectivity index (χ0v) is 16.3. The molecule has 1 N–H and O–H groups in total. The maximum atomic E-state index is 11.1. The van der Waals surface area contributed by atoms with Crippen LogP contribution in [-0.2, 0) is 4.74 Å². The Morgan fingerprint density at radius 1 is 1.35 bits per heavy atom. The zero-order chi connectivity index (χ0) is 19.4. The molecule has 0 spiro atoms. The van der Waals surface area contributed by atoms with Crippen LogP contribution in [0.1, 0.15) is 45.7 Å². The Morgan fingerprint density at radius 2 is 2.08 bits per heavy atom. The summed E-state index contributed by atoms with van der Waals surface area (Å²) in [6.45, 7) is 10.6. The molecule has 1 heterocycles. The van der Waals surface area contributed by atoms with Crippen molar-refractivity contribution in [3.8, 4) is 5.69 Å². The van der Waals surface area contributed by atoms with Gasteiger partial charge in [-0.3, -0.25) is 4.90 Å². The fourth-order valence-electron chi connectivity index (χ4n) is 2.42. The van der Waals surface area contributed by atoms with Gasteiger partial charge in [0.2, 0.25) is 0 Å². The summed E-state index contributed by atoms with van der Waals surface area (Å²) in [6, 6.07) is 8.30. The number of likely N-dealkylation sites (N-methyl/N-ethyl adjacent to an activating group) is 1. The average molecular weight is 362 g/mol. The van der Waals surface area contributed by atoms with E-state index in [9.17, 15) is 4.79 Å². The number of aromatic nitrogens is 4. The molecule has 1 amide bonds. The first-order chi connectivity index (χ1) is 12.6. The van der Waals surface area contributed by atoms with Crippen molar-refractivity contribution in [1.29, 1.82) is 0 Å². The number of amides is 1. The minimum atomic E-state index is -0.408. The van der Waals surface area contributed by atoms with E-state index in [2.05, 4.69) is 70.3 Å². The molecule has 0 aliphatic rings. The van der Waals surface area contributed by atoms with Gasteiger partial charge in [-0.15, -0.1) is 5.10 Å². The molecule has 1 aromatic carbocycles. The van der Waals surface area contributed by atoms with Crippen molar-refractivity contribution in [2.75, 3.05) is 26.7 Å². The molecule has 0 saturated heterocycles. The van der Waals surface area contributed by atoms with E-state index >= 15 is 0 Å². The predicted octanol–water partition coefficient (Wildman–Crippen LogP) is 2.82. The molecule has 8 heteroatoms. The standard InChI is InChI=1S/C15H22N6O2.C3H8/c1-4-20(9-8-16-15(22)23-3)12(2)13-6-5-7-14(10-13)21-11-17-18-19-21;1-3-2/h5-7,10-12H,4,8-9H2,1-3H3,(H,16,22);3H2,1-2H3.